The van der Waals surface area contributed by atoms with Crippen LogP contribution in [-0.4, -0.2) is 27.9 Å². The van der Waals surface area contributed by atoms with Crippen LogP contribution in [0.5, 0.6) is 0 Å². The third kappa shape index (κ3) is 27.9. The summed E-state index contributed by atoms with van der Waals surface area (Å²) in [6.45, 7) is 6.89. The lowest BCUT2D eigenvalue weighted by molar-refractivity contribution is 0.278. The molecule has 5 N–H and O–H groups in total. The number of hydrogen-bond acceptors (Lipinski definition) is 4. The minimum Gasteiger partial charge on any atom is -0.402 e. The van der Waals surface area contributed by atoms with Crippen LogP contribution in [0.3, 0.4) is 0 Å². The average molecular weight is 430 g/mol. The maximum atomic E-state index is 7.17. The monoisotopic (exact) mass is 429 g/mol. The first-order chi connectivity index (χ1) is 14.4. The molecule has 0 aromatic heterocycles. The Hall–Kier alpha value is -0.0951. The molecule has 0 amide bonds. The van der Waals surface area contributed by atoms with Crippen molar-refractivity contribution in [3.63, 3.8) is 0 Å². The normalized spacial score (nSPS) is 11.3. The summed E-state index contributed by atoms with van der Waals surface area (Å²) in [5.74, 6) is 0. The highest BCUT2D eigenvalue weighted by molar-refractivity contribution is 6.30. The fourth-order valence-corrected chi connectivity index (χ4v) is 4.15. The molecule has 0 aliphatic heterocycles. The molecule has 0 bridgehead atoms. The van der Waals surface area contributed by atoms with E-state index >= 15 is 0 Å². The summed E-state index contributed by atoms with van der Waals surface area (Å²) < 4.78 is 0. The van der Waals surface area contributed by atoms with E-state index in [-0.39, 0.29) is 5.54 Å². The van der Waals surface area contributed by atoms with Gasteiger partial charge in [0.1, 0.15) is 0 Å². The topological polar surface area (TPSA) is 86.7 Å². The van der Waals surface area contributed by atoms with Crippen LogP contribution in [0, 0.1) is 0 Å². The highest BCUT2D eigenvalue weighted by atomic mass is 16.5. The summed E-state index contributed by atoms with van der Waals surface area (Å²) in [4.78, 5) is 0. The van der Waals surface area contributed by atoms with Gasteiger partial charge in [-0.1, -0.05) is 136 Å². The van der Waals surface area contributed by atoms with Crippen LogP contribution in [0.25, 0.3) is 0 Å². The summed E-state index contributed by atoms with van der Waals surface area (Å²) in [5, 5.41) is 21.5. The van der Waals surface area contributed by atoms with Gasteiger partial charge in [-0.2, -0.15) is 0 Å². The molecule has 0 radical (unpaired) electrons. The average Bonchev–Trinajstić information content (AvgIpc) is 2.70. The van der Waals surface area contributed by atoms with E-state index in [4.69, 9.17) is 20.8 Å². The van der Waals surface area contributed by atoms with Crippen molar-refractivity contribution in [2.75, 3.05) is 0 Å². The minimum atomic E-state index is -2.17. The molecule has 0 spiro atoms. The Morgan fingerprint density at radius 1 is 0.467 bits per heavy atom. The summed E-state index contributed by atoms with van der Waals surface area (Å²) >= 11 is 0. The third-order valence-corrected chi connectivity index (χ3v) is 6.08. The van der Waals surface area contributed by atoms with Gasteiger partial charge >= 0.3 is 7.32 Å². The van der Waals surface area contributed by atoms with Gasteiger partial charge in [0.15, 0.2) is 0 Å². The first-order valence-electron chi connectivity index (χ1n) is 13.2. The molecule has 0 aliphatic rings. The molecule has 0 aromatic rings. The van der Waals surface area contributed by atoms with E-state index in [1.807, 2.05) is 0 Å². The van der Waals surface area contributed by atoms with Crippen LogP contribution in [-0.2, 0) is 0 Å². The second kappa shape index (κ2) is 25.2. The fraction of sp³-hybridized carbons (Fsp3) is 1.00. The van der Waals surface area contributed by atoms with E-state index in [9.17, 15) is 0 Å². The molecule has 0 unspecified atom stereocenters. The Morgan fingerprint density at radius 2 is 0.667 bits per heavy atom. The Labute approximate surface area is 189 Å². The zero-order valence-corrected chi connectivity index (χ0v) is 20.8. The second-order valence-corrected chi connectivity index (χ2v) is 9.26. The van der Waals surface area contributed by atoms with Gasteiger partial charge in [0, 0.05) is 5.54 Å². The van der Waals surface area contributed by atoms with Gasteiger partial charge in [-0.05, 0) is 19.3 Å². The van der Waals surface area contributed by atoms with Gasteiger partial charge < -0.3 is 20.8 Å². The molecule has 0 atom stereocenters. The maximum absolute atomic E-state index is 7.17. The molecule has 0 fully saturated rings. The lowest BCUT2D eigenvalue weighted by Gasteiger charge is -2.30. The third-order valence-electron chi connectivity index (χ3n) is 6.08. The van der Waals surface area contributed by atoms with E-state index in [1.54, 1.807) is 0 Å². The van der Waals surface area contributed by atoms with Crippen molar-refractivity contribution in [2.24, 2.45) is 5.73 Å². The van der Waals surface area contributed by atoms with Crippen LogP contribution in [0.4, 0.5) is 0 Å². The van der Waals surface area contributed by atoms with Gasteiger partial charge in [-0.25, -0.2) is 0 Å². The maximum Gasteiger partial charge on any atom is 0.631 e. The Balaban J connectivity index is 0. The van der Waals surface area contributed by atoms with Gasteiger partial charge in [0.2, 0.25) is 0 Å². The first kappa shape index (κ1) is 32.1. The van der Waals surface area contributed by atoms with Gasteiger partial charge in [-0.15, -0.1) is 0 Å². The summed E-state index contributed by atoms with van der Waals surface area (Å²) in [7, 11) is -2.17. The number of hydrogen-bond donors (Lipinski definition) is 4. The van der Waals surface area contributed by atoms with Crippen LogP contribution >= 0.6 is 0 Å². The highest BCUT2D eigenvalue weighted by Gasteiger charge is 2.23. The molecule has 4 nitrogen and oxygen atoms in total. The SMILES string of the molecule is CCCCCCCCC(N)(CCCCCCCC)CCCCCCCC.OB(O)O. The van der Waals surface area contributed by atoms with Crippen molar-refractivity contribution >= 4 is 7.32 Å². The molecule has 0 rings (SSSR count). The zero-order chi connectivity index (χ0) is 22.9. The Morgan fingerprint density at radius 3 is 0.900 bits per heavy atom. The molecule has 0 heterocycles. The molecule has 30 heavy (non-hydrogen) atoms. The molecule has 0 saturated heterocycles. The zero-order valence-electron chi connectivity index (χ0n) is 20.8. The number of unbranched alkanes of at least 4 members (excludes halogenated alkanes) is 15. The van der Waals surface area contributed by atoms with E-state index in [1.165, 1.54) is 135 Å². The van der Waals surface area contributed by atoms with E-state index < -0.39 is 7.32 Å². The van der Waals surface area contributed by atoms with Crippen LogP contribution in [0.2, 0.25) is 0 Å². The van der Waals surface area contributed by atoms with Gasteiger partial charge in [-0.3, -0.25) is 0 Å². The molecular formula is C25H56BNO3. The van der Waals surface area contributed by atoms with E-state index in [0.717, 1.165) is 0 Å². The molecule has 5 heteroatoms. The van der Waals surface area contributed by atoms with Crippen molar-refractivity contribution < 1.29 is 15.1 Å². The highest BCUT2D eigenvalue weighted by Crippen LogP contribution is 2.27. The standard InChI is InChI=1S/C25H53N.BH3O3/c1-4-7-10-13-16-19-22-25(26,23-20-17-14-11-8-5-2)24-21-18-15-12-9-6-3;2-1(3)4/h4-24,26H2,1-3H3;2-4H. The second-order valence-electron chi connectivity index (χ2n) is 9.26. The van der Waals surface area contributed by atoms with Crippen molar-refractivity contribution in [1.29, 1.82) is 0 Å². The van der Waals surface area contributed by atoms with Gasteiger partial charge in [0.25, 0.3) is 0 Å². The first-order valence-corrected chi connectivity index (χ1v) is 13.2. The number of rotatable bonds is 21. The van der Waals surface area contributed by atoms with Crippen molar-refractivity contribution in [2.45, 2.75) is 161 Å². The quantitative estimate of drug-likeness (QED) is 0.118. The molecule has 0 aromatic carbocycles. The Bertz CT molecular complexity index is 273. The summed E-state index contributed by atoms with van der Waals surface area (Å²) in [6.07, 6.45) is 28.8. The number of nitrogens with two attached hydrogens (primary N) is 1. The van der Waals surface area contributed by atoms with Gasteiger partial charge in [0.05, 0.1) is 0 Å². The lowest BCUT2D eigenvalue weighted by atomic mass is 9.82. The lowest BCUT2D eigenvalue weighted by Crippen LogP contribution is -2.39. The van der Waals surface area contributed by atoms with Crippen molar-refractivity contribution in [3.8, 4) is 0 Å². The van der Waals surface area contributed by atoms with Crippen molar-refractivity contribution in [3.05, 3.63) is 0 Å². The predicted molar refractivity (Wildman–Crippen MR) is 133 cm³/mol. The van der Waals surface area contributed by atoms with Crippen molar-refractivity contribution in [1.82, 2.24) is 0 Å². The minimum absolute atomic E-state index is 0.139. The van der Waals surface area contributed by atoms with E-state index in [2.05, 4.69) is 20.8 Å². The summed E-state index contributed by atoms with van der Waals surface area (Å²) in [5.41, 5.74) is 7.06. The smallest absolute Gasteiger partial charge is 0.402 e. The van der Waals surface area contributed by atoms with Crippen LogP contribution in [0.15, 0.2) is 0 Å². The van der Waals surface area contributed by atoms with Crippen LogP contribution in [0.1, 0.15) is 156 Å². The largest absolute Gasteiger partial charge is 0.631 e. The fourth-order valence-electron chi connectivity index (χ4n) is 4.15. The molecular weight excluding hydrogens is 373 g/mol. The Kier molecular flexibility index (Phi) is 26.9. The predicted octanol–water partition coefficient (Wildman–Crippen LogP) is 6.88. The molecule has 182 valence electrons. The van der Waals surface area contributed by atoms with Crippen LogP contribution < -0.4 is 5.73 Å². The summed E-state index contributed by atoms with van der Waals surface area (Å²) in [6, 6.07) is 0. The molecule has 0 saturated carbocycles. The van der Waals surface area contributed by atoms with E-state index in [0.29, 0.717) is 0 Å². The molecule has 0 aliphatic carbocycles.